The molecule has 0 bridgehead atoms. The van der Waals surface area contributed by atoms with Crippen LogP contribution in [0.3, 0.4) is 0 Å². The molecule has 2 aromatic rings. The third-order valence-electron chi connectivity index (χ3n) is 3.14. The molecule has 1 aromatic heterocycles. The summed E-state index contributed by atoms with van der Waals surface area (Å²) in [7, 11) is -3.33. The average molecular weight is 329 g/mol. The molecule has 0 fully saturated rings. The zero-order valence-electron chi connectivity index (χ0n) is 12.0. The van der Waals surface area contributed by atoms with Crippen LogP contribution < -0.4 is 0 Å². The Morgan fingerprint density at radius 3 is 2.57 bits per heavy atom. The molecule has 0 saturated carbocycles. The highest BCUT2D eigenvalue weighted by molar-refractivity contribution is 7.90. The van der Waals surface area contributed by atoms with E-state index >= 15 is 0 Å². The van der Waals surface area contributed by atoms with E-state index in [2.05, 4.69) is 5.10 Å². The van der Waals surface area contributed by atoms with Crippen LogP contribution in [0.4, 0.5) is 0 Å². The van der Waals surface area contributed by atoms with Crippen molar-refractivity contribution in [1.82, 2.24) is 9.78 Å². The van der Waals surface area contributed by atoms with Crippen LogP contribution in [0.25, 0.3) is 0 Å². The van der Waals surface area contributed by atoms with Crippen LogP contribution in [0.1, 0.15) is 37.3 Å². The first-order valence-electron chi connectivity index (χ1n) is 6.42. The van der Waals surface area contributed by atoms with Gasteiger partial charge in [0.1, 0.15) is 6.10 Å². The number of aliphatic hydroxyl groups excluding tert-OH is 1. The summed E-state index contributed by atoms with van der Waals surface area (Å²) in [5.74, 6) is 0. The first-order valence-corrected chi connectivity index (χ1v) is 8.69. The number of nitrogens with zero attached hydrogens (tertiary/aromatic N) is 2. The quantitative estimate of drug-likeness (QED) is 0.936. The van der Waals surface area contributed by atoms with Crippen molar-refractivity contribution in [2.75, 3.05) is 6.26 Å². The van der Waals surface area contributed by atoms with Gasteiger partial charge in [-0.2, -0.15) is 5.10 Å². The van der Waals surface area contributed by atoms with E-state index in [1.807, 2.05) is 13.8 Å². The molecular weight excluding hydrogens is 312 g/mol. The number of benzene rings is 1. The third kappa shape index (κ3) is 3.28. The highest BCUT2D eigenvalue weighted by Crippen LogP contribution is 2.30. The van der Waals surface area contributed by atoms with E-state index in [-0.39, 0.29) is 10.9 Å². The SMILES string of the molecule is CC(C)n1ncc(Cl)c1C(O)c1cccc(S(C)(=O)=O)c1. The van der Waals surface area contributed by atoms with Crippen LogP contribution in [0.15, 0.2) is 35.4 Å². The van der Waals surface area contributed by atoms with Gasteiger partial charge in [-0.25, -0.2) is 8.42 Å². The summed E-state index contributed by atoms with van der Waals surface area (Å²) >= 11 is 6.10. The van der Waals surface area contributed by atoms with Gasteiger partial charge in [0.2, 0.25) is 0 Å². The van der Waals surface area contributed by atoms with Crippen LogP contribution in [0.5, 0.6) is 0 Å². The van der Waals surface area contributed by atoms with Crippen LogP contribution in [-0.2, 0) is 9.84 Å². The van der Waals surface area contributed by atoms with Gasteiger partial charge < -0.3 is 5.11 Å². The van der Waals surface area contributed by atoms with Crippen LogP contribution in [-0.4, -0.2) is 29.6 Å². The van der Waals surface area contributed by atoms with E-state index < -0.39 is 15.9 Å². The smallest absolute Gasteiger partial charge is 0.175 e. The van der Waals surface area contributed by atoms with Crippen molar-refractivity contribution < 1.29 is 13.5 Å². The minimum absolute atomic E-state index is 0.0280. The van der Waals surface area contributed by atoms with Gasteiger partial charge in [-0.15, -0.1) is 0 Å². The van der Waals surface area contributed by atoms with E-state index in [0.29, 0.717) is 16.3 Å². The highest BCUT2D eigenvalue weighted by atomic mass is 35.5. The summed E-state index contributed by atoms with van der Waals surface area (Å²) in [6.45, 7) is 3.85. The number of sulfone groups is 1. The van der Waals surface area contributed by atoms with Crippen molar-refractivity contribution in [3.63, 3.8) is 0 Å². The largest absolute Gasteiger partial charge is 0.382 e. The summed E-state index contributed by atoms with van der Waals surface area (Å²) in [4.78, 5) is 0.158. The second-order valence-corrected chi connectivity index (χ2v) is 7.59. The van der Waals surface area contributed by atoms with Crippen LogP contribution in [0, 0.1) is 0 Å². The fourth-order valence-electron chi connectivity index (χ4n) is 2.09. The van der Waals surface area contributed by atoms with E-state index in [1.54, 1.807) is 16.8 Å². The second-order valence-electron chi connectivity index (χ2n) is 5.16. The fraction of sp³-hybridized carbons (Fsp3) is 0.357. The number of halogens is 1. The molecule has 0 saturated heterocycles. The molecule has 1 heterocycles. The van der Waals surface area contributed by atoms with Gasteiger partial charge in [-0.3, -0.25) is 4.68 Å². The lowest BCUT2D eigenvalue weighted by Gasteiger charge is -2.17. The molecule has 0 spiro atoms. The van der Waals surface area contributed by atoms with Crippen molar-refractivity contribution in [3.8, 4) is 0 Å². The Kier molecular flexibility index (Phi) is 4.41. The fourth-order valence-corrected chi connectivity index (χ4v) is 3.00. The van der Waals surface area contributed by atoms with Crippen molar-refractivity contribution in [2.45, 2.75) is 30.9 Å². The minimum Gasteiger partial charge on any atom is -0.382 e. The molecule has 21 heavy (non-hydrogen) atoms. The maximum Gasteiger partial charge on any atom is 0.175 e. The van der Waals surface area contributed by atoms with E-state index in [0.717, 1.165) is 6.26 Å². The van der Waals surface area contributed by atoms with E-state index in [4.69, 9.17) is 11.6 Å². The lowest BCUT2D eigenvalue weighted by molar-refractivity contribution is 0.205. The van der Waals surface area contributed by atoms with Crippen molar-refractivity contribution >= 4 is 21.4 Å². The van der Waals surface area contributed by atoms with E-state index in [9.17, 15) is 13.5 Å². The Morgan fingerprint density at radius 2 is 2.00 bits per heavy atom. The van der Waals surface area contributed by atoms with Crippen molar-refractivity contribution in [3.05, 3.63) is 46.7 Å². The van der Waals surface area contributed by atoms with Crippen molar-refractivity contribution in [2.24, 2.45) is 0 Å². The van der Waals surface area contributed by atoms with Gasteiger partial charge in [0.15, 0.2) is 9.84 Å². The molecule has 0 amide bonds. The maximum atomic E-state index is 11.6. The summed E-state index contributed by atoms with van der Waals surface area (Å²) in [5, 5.41) is 15.0. The van der Waals surface area contributed by atoms with Gasteiger partial charge in [-0.1, -0.05) is 23.7 Å². The number of aliphatic hydroxyl groups is 1. The maximum absolute atomic E-state index is 11.6. The van der Waals surface area contributed by atoms with Gasteiger partial charge in [-0.05, 0) is 31.5 Å². The zero-order chi connectivity index (χ0) is 15.8. The Balaban J connectivity index is 2.51. The lowest BCUT2D eigenvalue weighted by Crippen LogP contribution is -2.13. The third-order valence-corrected chi connectivity index (χ3v) is 4.54. The first-order chi connectivity index (χ1) is 9.71. The Morgan fingerprint density at radius 1 is 1.33 bits per heavy atom. The topological polar surface area (TPSA) is 72.2 Å². The monoisotopic (exact) mass is 328 g/mol. The molecule has 1 aromatic carbocycles. The second kappa shape index (κ2) is 5.79. The van der Waals surface area contributed by atoms with Gasteiger partial charge >= 0.3 is 0 Å². The summed E-state index contributed by atoms with van der Waals surface area (Å²) < 4.78 is 24.8. The molecule has 0 aliphatic carbocycles. The predicted molar refractivity (Wildman–Crippen MR) is 81.2 cm³/mol. The van der Waals surface area contributed by atoms with Crippen LogP contribution in [0.2, 0.25) is 5.02 Å². The van der Waals surface area contributed by atoms with Crippen molar-refractivity contribution in [1.29, 1.82) is 0 Å². The first kappa shape index (κ1) is 16.0. The average Bonchev–Trinajstić information content (AvgIpc) is 2.79. The molecule has 0 radical (unpaired) electrons. The highest BCUT2D eigenvalue weighted by Gasteiger charge is 2.22. The molecule has 1 N–H and O–H groups in total. The molecule has 1 atom stereocenters. The minimum atomic E-state index is -3.33. The molecule has 114 valence electrons. The zero-order valence-corrected chi connectivity index (χ0v) is 13.6. The van der Waals surface area contributed by atoms with Gasteiger partial charge in [0.05, 0.1) is 21.8 Å². The Labute approximate surface area is 129 Å². The number of hydrogen-bond acceptors (Lipinski definition) is 4. The number of aromatic nitrogens is 2. The Hall–Kier alpha value is -1.37. The molecule has 7 heteroatoms. The van der Waals surface area contributed by atoms with Crippen LogP contribution >= 0.6 is 11.6 Å². The molecule has 1 unspecified atom stereocenters. The lowest BCUT2D eigenvalue weighted by atomic mass is 10.1. The summed E-state index contributed by atoms with van der Waals surface area (Å²) in [6.07, 6.45) is 1.56. The molecule has 0 aliphatic heterocycles. The summed E-state index contributed by atoms with van der Waals surface area (Å²) in [6, 6.07) is 6.23. The molecule has 2 rings (SSSR count). The standard InChI is InChI=1S/C14H17ClN2O3S/c1-9(2)17-13(12(15)8-16-17)14(18)10-5-4-6-11(7-10)21(3,19)20/h4-9,14,18H,1-3H3. The molecule has 5 nitrogen and oxygen atoms in total. The predicted octanol–water partition coefficient (Wildman–Crippen LogP) is 2.60. The normalized spacial score (nSPS) is 13.6. The Bertz CT molecular complexity index is 753. The molecule has 0 aliphatic rings. The number of rotatable bonds is 4. The van der Waals surface area contributed by atoms with Gasteiger partial charge in [0.25, 0.3) is 0 Å². The summed E-state index contributed by atoms with van der Waals surface area (Å²) in [5.41, 5.74) is 0.916. The van der Waals surface area contributed by atoms with Gasteiger partial charge in [0, 0.05) is 12.3 Å². The number of hydrogen-bond donors (Lipinski definition) is 1. The van der Waals surface area contributed by atoms with E-state index in [1.165, 1.54) is 18.3 Å². The molecular formula is C14H17ClN2O3S.